The van der Waals surface area contributed by atoms with Gasteiger partial charge in [0.05, 0.1) is 0 Å². The lowest BCUT2D eigenvalue weighted by molar-refractivity contribution is 0.220. The first-order chi connectivity index (χ1) is 11.2. The highest BCUT2D eigenvalue weighted by Crippen LogP contribution is 2.20. The van der Waals surface area contributed by atoms with Gasteiger partial charge in [-0.2, -0.15) is 0 Å². The maximum Gasteiger partial charge on any atom is 0.132 e. The minimum atomic E-state index is 0.464. The second-order valence-corrected chi connectivity index (χ2v) is 6.38. The van der Waals surface area contributed by atoms with E-state index in [1.807, 2.05) is 6.92 Å². The maximum absolute atomic E-state index is 4.66. The van der Waals surface area contributed by atoms with Crippen LogP contribution in [0.25, 0.3) is 0 Å². The van der Waals surface area contributed by atoms with Gasteiger partial charge >= 0.3 is 0 Å². The van der Waals surface area contributed by atoms with Crippen LogP contribution in [0.1, 0.15) is 30.9 Å². The van der Waals surface area contributed by atoms with E-state index in [0.717, 1.165) is 49.9 Å². The number of nitrogens with zero attached hydrogens (tertiary/aromatic N) is 4. The van der Waals surface area contributed by atoms with E-state index in [1.54, 1.807) is 0 Å². The Kier molecular flexibility index (Phi) is 4.91. The molecule has 122 valence electrons. The van der Waals surface area contributed by atoms with Crippen molar-refractivity contribution in [3.05, 3.63) is 53.5 Å². The van der Waals surface area contributed by atoms with Gasteiger partial charge in [0.1, 0.15) is 11.6 Å². The Morgan fingerprint density at radius 3 is 2.61 bits per heavy atom. The van der Waals surface area contributed by atoms with Crippen LogP contribution >= 0.6 is 0 Å². The van der Waals surface area contributed by atoms with Gasteiger partial charge in [0.15, 0.2) is 0 Å². The van der Waals surface area contributed by atoms with Crippen LogP contribution in [0, 0.1) is 6.92 Å². The molecule has 4 nitrogen and oxygen atoms in total. The molecule has 1 aromatic carbocycles. The van der Waals surface area contributed by atoms with E-state index >= 15 is 0 Å². The second-order valence-electron chi connectivity index (χ2n) is 6.38. The quantitative estimate of drug-likeness (QED) is 0.869. The number of rotatable bonds is 4. The van der Waals surface area contributed by atoms with Crippen LogP contribution in [0.5, 0.6) is 0 Å². The fourth-order valence-electron chi connectivity index (χ4n) is 3.30. The summed E-state index contributed by atoms with van der Waals surface area (Å²) in [6, 6.07) is 13.3. The predicted octanol–water partition coefficient (Wildman–Crippen LogP) is 3.06. The Bertz CT molecular complexity index is 641. The van der Waals surface area contributed by atoms with Crippen molar-refractivity contribution in [2.24, 2.45) is 0 Å². The Morgan fingerprint density at radius 1 is 1.13 bits per heavy atom. The normalized spacial score (nSPS) is 19.1. The molecule has 1 aliphatic rings. The van der Waals surface area contributed by atoms with Crippen molar-refractivity contribution in [3.8, 4) is 0 Å². The summed E-state index contributed by atoms with van der Waals surface area (Å²) < 4.78 is 0. The maximum atomic E-state index is 4.66. The SMILES string of the molecule is CCc1cc(N2CCN(Cc3ccccc3)CC2C)nc(C)n1. The van der Waals surface area contributed by atoms with Crippen molar-refractivity contribution >= 4 is 5.82 Å². The number of aromatic nitrogens is 2. The molecule has 2 heterocycles. The Labute approximate surface area is 139 Å². The molecular weight excluding hydrogens is 284 g/mol. The van der Waals surface area contributed by atoms with Gasteiger partial charge in [-0.3, -0.25) is 4.90 Å². The minimum absolute atomic E-state index is 0.464. The zero-order valence-corrected chi connectivity index (χ0v) is 14.4. The van der Waals surface area contributed by atoms with Gasteiger partial charge in [0, 0.05) is 44.0 Å². The highest BCUT2D eigenvalue weighted by molar-refractivity contribution is 5.42. The largest absolute Gasteiger partial charge is 0.351 e. The van der Waals surface area contributed by atoms with Crippen LogP contribution in [0.3, 0.4) is 0 Å². The number of hydrogen-bond donors (Lipinski definition) is 0. The van der Waals surface area contributed by atoms with E-state index in [0.29, 0.717) is 6.04 Å². The van der Waals surface area contributed by atoms with Crippen LogP contribution in [0.2, 0.25) is 0 Å². The second kappa shape index (κ2) is 7.09. The van der Waals surface area contributed by atoms with Gasteiger partial charge < -0.3 is 4.90 Å². The Balaban J connectivity index is 1.68. The van der Waals surface area contributed by atoms with Gasteiger partial charge in [-0.25, -0.2) is 9.97 Å². The zero-order valence-electron chi connectivity index (χ0n) is 14.4. The summed E-state index contributed by atoms with van der Waals surface area (Å²) in [6.07, 6.45) is 0.957. The summed E-state index contributed by atoms with van der Waals surface area (Å²) >= 11 is 0. The van der Waals surface area contributed by atoms with Crippen molar-refractivity contribution in [1.82, 2.24) is 14.9 Å². The van der Waals surface area contributed by atoms with E-state index in [1.165, 1.54) is 5.56 Å². The smallest absolute Gasteiger partial charge is 0.132 e. The molecule has 0 aliphatic carbocycles. The number of aryl methyl sites for hydroxylation is 2. The van der Waals surface area contributed by atoms with E-state index in [9.17, 15) is 0 Å². The molecule has 0 spiro atoms. The van der Waals surface area contributed by atoms with Crippen molar-refractivity contribution < 1.29 is 0 Å². The molecule has 1 saturated heterocycles. The molecule has 0 saturated carbocycles. The molecule has 0 radical (unpaired) electrons. The molecule has 0 bridgehead atoms. The standard InChI is InChI=1S/C19H26N4/c1-4-18-12-19(21-16(3)20-18)23-11-10-22(13-15(23)2)14-17-8-6-5-7-9-17/h5-9,12,15H,4,10-11,13-14H2,1-3H3. The Hall–Kier alpha value is -1.94. The lowest BCUT2D eigenvalue weighted by Gasteiger charge is -2.40. The van der Waals surface area contributed by atoms with E-state index < -0.39 is 0 Å². The summed E-state index contributed by atoms with van der Waals surface area (Å²) in [5, 5.41) is 0. The average Bonchev–Trinajstić information content (AvgIpc) is 2.55. The molecule has 3 rings (SSSR count). The first kappa shape index (κ1) is 15.9. The fraction of sp³-hybridized carbons (Fsp3) is 0.474. The minimum Gasteiger partial charge on any atom is -0.351 e. The van der Waals surface area contributed by atoms with Crippen LogP contribution in [-0.2, 0) is 13.0 Å². The first-order valence-electron chi connectivity index (χ1n) is 8.53. The summed E-state index contributed by atoms with van der Waals surface area (Å²) in [7, 11) is 0. The van der Waals surface area contributed by atoms with Crippen LogP contribution < -0.4 is 4.90 Å². The molecule has 1 aliphatic heterocycles. The fourth-order valence-corrected chi connectivity index (χ4v) is 3.30. The van der Waals surface area contributed by atoms with Gasteiger partial charge in [0.2, 0.25) is 0 Å². The highest BCUT2D eigenvalue weighted by atomic mass is 15.3. The third kappa shape index (κ3) is 3.88. The molecule has 1 aromatic heterocycles. The topological polar surface area (TPSA) is 32.3 Å². The molecule has 2 aromatic rings. The van der Waals surface area contributed by atoms with Crippen molar-refractivity contribution in [2.75, 3.05) is 24.5 Å². The molecule has 1 fully saturated rings. The number of anilines is 1. The van der Waals surface area contributed by atoms with Gasteiger partial charge in [0.25, 0.3) is 0 Å². The summed E-state index contributed by atoms with van der Waals surface area (Å²) in [5.74, 6) is 1.96. The van der Waals surface area contributed by atoms with Crippen molar-refractivity contribution in [3.63, 3.8) is 0 Å². The lowest BCUT2D eigenvalue weighted by Crippen LogP contribution is -2.52. The number of benzene rings is 1. The summed E-state index contributed by atoms with van der Waals surface area (Å²) in [6.45, 7) is 10.6. The van der Waals surface area contributed by atoms with Crippen LogP contribution in [0.15, 0.2) is 36.4 Å². The molecule has 0 amide bonds. The number of piperazine rings is 1. The molecular formula is C19H26N4. The Morgan fingerprint density at radius 2 is 1.91 bits per heavy atom. The van der Waals surface area contributed by atoms with Crippen LogP contribution in [0.4, 0.5) is 5.82 Å². The predicted molar refractivity (Wildman–Crippen MR) is 94.7 cm³/mol. The highest BCUT2D eigenvalue weighted by Gasteiger charge is 2.25. The molecule has 0 N–H and O–H groups in total. The van der Waals surface area contributed by atoms with Gasteiger partial charge in [-0.1, -0.05) is 37.3 Å². The monoisotopic (exact) mass is 310 g/mol. The number of hydrogen-bond acceptors (Lipinski definition) is 4. The van der Waals surface area contributed by atoms with Crippen molar-refractivity contribution in [2.45, 2.75) is 39.8 Å². The zero-order chi connectivity index (χ0) is 16.2. The first-order valence-corrected chi connectivity index (χ1v) is 8.53. The van der Waals surface area contributed by atoms with E-state index in [-0.39, 0.29) is 0 Å². The van der Waals surface area contributed by atoms with E-state index in [4.69, 9.17) is 0 Å². The average molecular weight is 310 g/mol. The van der Waals surface area contributed by atoms with E-state index in [2.05, 4.69) is 70.0 Å². The van der Waals surface area contributed by atoms with Gasteiger partial charge in [-0.05, 0) is 25.8 Å². The summed E-state index contributed by atoms with van der Waals surface area (Å²) in [5.41, 5.74) is 2.52. The van der Waals surface area contributed by atoms with Gasteiger partial charge in [-0.15, -0.1) is 0 Å². The molecule has 4 heteroatoms. The summed E-state index contributed by atoms with van der Waals surface area (Å²) in [4.78, 5) is 14.1. The van der Waals surface area contributed by atoms with Crippen molar-refractivity contribution in [1.29, 1.82) is 0 Å². The molecule has 23 heavy (non-hydrogen) atoms. The third-order valence-corrected chi connectivity index (χ3v) is 4.49. The molecule has 1 atom stereocenters. The third-order valence-electron chi connectivity index (χ3n) is 4.49. The lowest BCUT2D eigenvalue weighted by atomic mass is 10.1. The van der Waals surface area contributed by atoms with Crippen LogP contribution in [-0.4, -0.2) is 40.5 Å². The molecule has 1 unspecified atom stereocenters.